The van der Waals surface area contributed by atoms with E-state index in [0.29, 0.717) is 6.04 Å². The number of hydrogen-bond donors (Lipinski definition) is 2. The molecule has 1 aliphatic rings. The largest absolute Gasteiger partial charge is 0.378 e. The predicted octanol–water partition coefficient (Wildman–Crippen LogP) is 2.40. The number of guanidine groups is 1. The third-order valence-corrected chi connectivity index (χ3v) is 4.08. The van der Waals surface area contributed by atoms with Crippen LogP contribution in [0.3, 0.4) is 0 Å². The zero-order valence-corrected chi connectivity index (χ0v) is 13.5. The van der Waals surface area contributed by atoms with Gasteiger partial charge in [0.1, 0.15) is 0 Å². The molecule has 0 heterocycles. The van der Waals surface area contributed by atoms with E-state index in [2.05, 4.69) is 58.9 Å². The number of benzene rings is 1. The number of anilines is 1. The lowest BCUT2D eigenvalue weighted by Gasteiger charge is -2.17. The number of nitrogens with one attached hydrogen (secondary N) is 2. The summed E-state index contributed by atoms with van der Waals surface area (Å²) >= 11 is 0. The minimum atomic E-state index is 0.607. The fourth-order valence-electron chi connectivity index (χ4n) is 2.74. The van der Waals surface area contributed by atoms with Gasteiger partial charge in [-0.3, -0.25) is 4.99 Å². The van der Waals surface area contributed by atoms with E-state index in [4.69, 9.17) is 0 Å². The maximum absolute atomic E-state index is 4.31. The summed E-state index contributed by atoms with van der Waals surface area (Å²) < 4.78 is 0. The van der Waals surface area contributed by atoms with E-state index < -0.39 is 0 Å². The van der Waals surface area contributed by atoms with Gasteiger partial charge in [0.15, 0.2) is 5.96 Å². The first kappa shape index (κ1) is 15.7. The average molecular weight is 288 g/mol. The molecule has 1 fully saturated rings. The van der Waals surface area contributed by atoms with E-state index in [-0.39, 0.29) is 0 Å². The van der Waals surface area contributed by atoms with Gasteiger partial charge in [-0.05, 0) is 37.0 Å². The van der Waals surface area contributed by atoms with Gasteiger partial charge in [0.25, 0.3) is 0 Å². The third-order valence-electron chi connectivity index (χ3n) is 4.08. The van der Waals surface area contributed by atoms with Crippen LogP contribution >= 0.6 is 0 Å². The van der Waals surface area contributed by atoms with E-state index in [9.17, 15) is 0 Å². The lowest BCUT2D eigenvalue weighted by molar-refractivity contribution is 0.613. The SMILES string of the molecule is CN=C(NCCc1ccc(N(C)C)cc1)NC1CCCC1. The Labute approximate surface area is 128 Å². The lowest BCUT2D eigenvalue weighted by atomic mass is 10.1. The minimum Gasteiger partial charge on any atom is -0.378 e. The van der Waals surface area contributed by atoms with E-state index in [1.165, 1.54) is 36.9 Å². The van der Waals surface area contributed by atoms with Crippen LogP contribution in [-0.2, 0) is 6.42 Å². The Bertz CT molecular complexity index is 444. The monoisotopic (exact) mass is 288 g/mol. The summed E-state index contributed by atoms with van der Waals surface area (Å²) in [6, 6.07) is 9.34. The molecule has 0 saturated heterocycles. The molecule has 0 aliphatic heterocycles. The molecule has 1 saturated carbocycles. The van der Waals surface area contributed by atoms with Crippen LogP contribution in [0.25, 0.3) is 0 Å². The fraction of sp³-hybridized carbons (Fsp3) is 0.588. The van der Waals surface area contributed by atoms with Gasteiger partial charge in [-0.2, -0.15) is 0 Å². The molecule has 0 aromatic heterocycles. The quantitative estimate of drug-likeness (QED) is 0.645. The first-order valence-corrected chi connectivity index (χ1v) is 7.92. The molecule has 4 heteroatoms. The number of aliphatic imine (C=N–C) groups is 1. The highest BCUT2D eigenvalue weighted by molar-refractivity contribution is 5.79. The van der Waals surface area contributed by atoms with Crippen LogP contribution in [0.4, 0.5) is 5.69 Å². The molecule has 1 aromatic rings. The smallest absolute Gasteiger partial charge is 0.191 e. The van der Waals surface area contributed by atoms with E-state index in [1.54, 1.807) is 0 Å². The standard InChI is InChI=1S/C17H28N4/c1-18-17(20-15-6-4-5-7-15)19-13-12-14-8-10-16(11-9-14)21(2)3/h8-11,15H,4-7,12-13H2,1-3H3,(H2,18,19,20). The summed E-state index contributed by atoms with van der Waals surface area (Å²) in [6.07, 6.45) is 6.23. The Kier molecular flexibility index (Phi) is 5.90. The maximum atomic E-state index is 4.31. The van der Waals surface area contributed by atoms with Crippen LogP contribution in [0, 0.1) is 0 Å². The van der Waals surface area contributed by atoms with Crippen LogP contribution in [0.1, 0.15) is 31.2 Å². The Morgan fingerprint density at radius 2 is 1.86 bits per heavy atom. The Hall–Kier alpha value is -1.71. The second-order valence-corrected chi connectivity index (χ2v) is 5.94. The molecule has 2 N–H and O–H groups in total. The van der Waals surface area contributed by atoms with E-state index in [0.717, 1.165) is 18.9 Å². The highest BCUT2D eigenvalue weighted by atomic mass is 15.2. The van der Waals surface area contributed by atoms with Crippen molar-refractivity contribution >= 4 is 11.6 Å². The summed E-state index contributed by atoms with van der Waals surface area (Å²) in [6.45, 7) is 0.910. The van der Waals surface area contributed by atoms with Gasteiger partial charge < -0.3 is 15.5 Å². The number of nitrogens with zero attached hydrogens (tertiary/aromatic N) is 2. The highest BCUT2D eigenvalue weighted by Crippen LogP contribution is 2.17. The van der Waals surface area contributed by atoms with E-state index in [1.807, 2.05) is 7.05 Å². The van der Waals surface area contributed by atoms with Crippen molar-refractivity contribution in [2.45, 2.75) is 38.1 Å². The van der Waals surface area contributed by atoms with Crippen molar-refractivity contribution in [3.05, 3.63) is 29.8 Å². The molecule has 0 spiro atoms. The molecular formula is C17H28N4. The van der Waals surface area contributed by atoms with Crippen molar-refractivity contribution in [1.29, 1.82) is 0 Å². The molecule has 1 aliphatic carbocycles. The zero-order valence-electron chi connectivity index (χ0n) is 13.5. The normalized spacial score (nSPS) is 16.0. The molecule has 2 rings (SSSR count). The van der Waals surface area contributed by atoms with Gasteiger partial charge in [-0.15, -0.1) is 0 Å². The predicted molar refractivity (Wildman–Crippen MR) is 91.2 cm³/mol. The van der Waals surface area contributed by atoms with Crippen LogP contribution < -0.4 is 15.5 Å². The van der Waals surface area contributed by atoms with Crippen molar-refractivity contribution in [2.24, 2.45) is 4.99 Å². The first-order valence-electron chi connectivity index (χ1n) is 7.92. The molecule has 21 heavy (non-hydrogen) atoms. The van der Waals surface area contributed by atoms with Crippen molar-refractivity contribution < 1.29 is 0 Å². The summed E-state index contributed by atoms with van der Waals surface area (Å²) in [5.74, 6) is 0.937. The summed E-state index contributed by atoms with van der Waals surface area (Å²) in [4.78, 5) is 6.43. The van der Waals surface area contributed by atoms with Crippen LogP contribution in [0.15, 0.2) is 29.3 Å². The fourth-order valence-corrected chi connectivity index (χ4v) is 2.74. The lowest BCUT2D eigenvalue weighted by Crippen LogP contribution is -2.42. The number of rotatable bonds is 5. The van der Waals surface area contributed by atoms with Crippen LogP contribution in [0.5, 0.6) is 0 Å². The van der Waals surface area contributed by atoms with Crippen molar-refractivity contribution in [2.75, 3.05) is 32.6 Å². The van der Waals surface area contributed by atoms with Gasteiger partial charge >= 0.3 is 0 Å². The zero-order chi connectivity index (χ0) is 15.1. The third kappa shape index (κ3) is 4.96. The van der Waals surface area contributed by atoms with Gasteiger partial charge in [-0.25, -0.2) is 0 Å². The highest BCUT2D eigenvalue weighted by Gasteiger charge is 2.15. The second kappa shape index (κ2) is 7.91. The number of hydrogen-bond acceptors (Lipinski definition) is 2. The van der Waals surface area contributed by atoms with Crippen molar-refractivity contribution in [1.82, 2.24) is 10.6 Å². The van der Waals surface area contributed by atoms with E-state index >= 15 is 0 Å². The van der Waals surface area contributed by atoms with Crippen molar-refractivity contribution in [3.63, 3.8) is 0 Å². The molecule has 116 valence electrons. The Morgan fingerprint density at radius 1 is 1.19 bits per heavy atom. The topological polar surface area (TPSA) is 39.7 Å². The minimum absolute atomic E-state index is 0.607. The summed E-state index contributed by atoms with van der Waals surface area (Å²) in [7, 11) is 5.97. The molecule has 0 unspecified atom stereocenters. The molecular weight excluding hydrogens is 260 g/mol. The van der Waals surface area contributed by atoms with Crippen LogP contribution in [0.2, 0.25) is 0 Å². The van der Waals surface area contributed by atoms with Crippen molar-refractivity contribution in [3.8, 4) is 0 Å². The average Bonchev–Trinajstić information content (AvgIpc) is 2.99. The molecule has 0 atom stereocenters. The molecule has 0 bridgehead atoms. The van der Waals surface area contributed by atoms with Gasteiger partial charge in [0.05, 0.1) is 0 Å². The summed E-state index contributed by atoms with van der Waals surface area (Å²) in [5.41, 5.74) is 2.59. The van der Waals surface area contributed by atoms with Gasteiger partial charge in [0, 0.05) is 39.4 Å². The second-order valence-electron chi connectivity index (χ2n) is 5.94. The maximum Gasteiger partial charge on any atom is 0.191 e. The molecule has 1 aromatic carbocycles. The molecule has 0 radical (unpaired) electrons. The first-order chi connectivity index (χ1) is 10.2. The molecule has 4 nitrogen and oxygen atoms in total. The Morgan fingerprint density at radius 3 is 2.43 bits per heavy atom. The van der Waals surface area contributed by atoms with Crippen LogP contribution in [-0.4, -0.2) is 39.7 Å². The molecule has 0 amide bonds. The van der Waals surface area contributed by atoms with Gasteiger partial charge in [0.2, 0.25) is 0 Å². The van der Waals surface area contributed by atoms with Gasteiger partial charge in [-0.1, -0.05) is 25.0 Å². The summed E-state index contributed by atoms with van der Waals surface area (Å²) in [5, 5.41) is 6.92. The Balaban J connectivity index is 1.74.